The molecular weight excluding hydrogens is 483 g/mol. The monoisotopic (exact) mass is 491 g/mol. The van der Waals surface area contributed by atoms with Gasteiger partial charge >= 0.3 is 6.18 Å². The smallest absolute Gasteiger partial charge is 0.416 e. The third kappa shape index (κ3) is 3.21. The zero-order valence-corrected chi connectivity index (χ0v) is 17.2. The minimum absolute atomic E-state index is 0.276. The van der Waals surface area contributed by atoms with Crippen LogP contribution in [0.25, 0.3) is 33.5 Å². The van der Waals surface area contributed by atoms with Crippen molar-refractivity contribution in [2.24, 2.45) is 0 Å². The molecule has 0 saturated carbocycles. The van der Waals surface area contributed by atoms with Crippen molar-refractivity contribution in [2.75, 3.05) is 0 Å². The average molecular weight is 492 g/mol. The highest BCUT2D eigenvalue weighted by atomic mass is 79.9. The molecule has 10 heteroatoms. The van der Waals surface area contributed by atoms with Crippen LogP contribution in [-0.2, 0) is 6.18 Å². The van der Waals surface area contributed by atoms with Crippen molar-refractivity contribution in [2.45, 2.75) is 6.18 Å². The van der Waals surface area contributed by atoms with Gasteiger partial charge in [0.25, 0.3) is 5.56 Å². The number of pyridine rings is 1. The SMILES string of the molecule is O=c1c(=Cc2ccc(-c3cccc(C(F)(F)F)c3)o2)sc2nc3cc(Br)cnc3n12. The predicted molar refractivity (Wildman–Crippen MR) is 110 cm³/mol. The van der Waals surface area contributed by atoms with E-state index in [1.54, 1.807) is 30.5 Å². The maximum absolute atomic E-state index is 12.9. The van der Waals surface area contributed by atoms with Gasteiger partial charge in [0.2, 0.25) is 0 Å². The number of rotatable bonds is 2. The number of benzene rings is 1. The Kier molecular flexibility index (Phi) is 4.30. The molecule has 0 bridgehead atoms. The number of alkyl halides is 3. The van der Waals surface area contributed by atoms with Gasteiger partial charge in [-0.25, -0.2) is 14.4 Å². The molecular formula is C20H9BrF3N3O2S. The molecule has 5 nitrogen and oxygen atoms in total. The van der Waals surface area contributed by atoms with Gasteiger partial charge in [-0.15, -0.1) is 0 Å². The number of hydrogen-bond donors (Lipinski definition) is 0. The second-order valence-corrected chi connectivity index (χ2v) is 8.35. The number of hydrogen-bond acceptors (Lipinski definition) is 5. The van der Waals surface area contributed by atoms with Crippen molar-refractivity contribution >= 4 is 49.5 Å². The Morgan fingerprint density at radius 3 is 2.80 bits per heavy atom. The summed E-state index contributed by atoms with van der Waals surface area (Å²) in [7, 11) is 0. The molecule has 0 aliphatic heterocycles. The summed E-state index contributed by atoms with van der Waals surface area (Å²) in [6.07, 6.45) is -1.30. The van der Waals surface area contributed by atoms with E-state index in [0.717, 1.165) is 16.6 Å². The molecule has 0 N–H and O–H groups in total. The van der Waals surface area contributed by atoms with E-state index in [0.29, 0.717) is 32.0 Å². The third-order valence-corrected chi connectivity index (χ3v) is 5.83. The van der Waals surface area contributed by atoms with Gasteiger partial charge in [0.15, 0.2) is 10.6 Å². The summed E-state index contributed by atoms with van der Waals surface area (Å²) in [5.41, 5.74) is 0.314. The molecule has 0 radical (unpaired) electrons. The van der Waals surface area contributed by atoms with Gasteiger partial charge in [-0.2, -0.15) is 13.2 Å². The second-order valence-electron chi connectivity index (χ2n) is 6.42. The van der Waals surface area contributed by atoms with Crippen LogP contribution < -0.4 is 10.1 Å². The van der Waals surface area contributed by atoms with Crippen LogP contribution in [0, 0.1) is 0 Å². The number of thiazole rings is 1. The van der Waals surface area contributed by atoms with Gasteiger partial charge in [-0.1, -0.05) is 23.5 Å². The maximum atomic E-state index is 12.9. The summed E-state index contributed by atoms with van der Waals surface area (Å²) in [5.74, 6) is 0.627. The van der Waals surface area contributed by atoms with Gasteiger partial charge in [0, 0.05) is 22.3 Å². The van der Waals surface area contributed by atoms with E-state index in [2.05, 4.69) is 25.9 Å². The van der Waals surface area contributed by atoms with Gasteiger partial charge in [-0.3, -0.25) is 4.79 Å². The lowest BCUT2D eigenvalue weighted by Gasteiger charge is -2.07. The van der Waals surface area contributed by atoms with E-state index in [9.17, 15) is 18.0 Å². The van der Waals surface area contributed by atoms with Gasteiger partial charge in [0.05, 0.1) is 5.56 Å². The van der Waals surface area contributed by atoms with Gasteiger partial charge < -0.3 is 4.42 Å². The topological polar surface area (TPSA) is 60.4 Å². The Hall–Kier alpha value is -2.98. The number of nitrogens with zero attached hydrogens (tertiary/aromatic N) is 3. The maximum Gasteiger partial charge on any atom is 0.416 e. The fourth-order valence-corrected chi connectivity index (χ4v) is 4.35. The lowest BCUT2D eigenvalue weighted by atomic mass is 10.1. The van der Waals surface area contributed by atoms with Crippen molar-refractivity contribution in [1.82, 2.24) is 14.4 Å². The van der Waals surface area contributed by atoms with Crippen LogP contribution in [0.3, 0.4) is 0 Å². The van der Waals surface area contributed by atoms with Crippen LogP contribution in [0.15, 0.2) is 62.3 Å². The van der Waals surface area contributed by atoms with Crippen LogP contribution in [-0.4, -0.2) is 14.4 Å². The first-order chi connectivity index (χ1) is 14.3. The lowest BCUT2D eigenvalue weighted by molar-refractivity contribution is -0.137. The summed E-state index contributed by atoms with van der Waals surface area (Å²) < 4.78 is 47.1. The van der Waals surface area contributed by atoms with E-state index in [1.807, 2.05) is 0 Å². The summed E-state index contributed by atoms with van der Waals surface area (Å²) in [6, 6.07) is 9.83. The highest BCUT2D eigenvalue weighted by molar-refractivity contribution is 9.10. The Balaban J connectivity index is 1.57. The molecule has 0 unspecified atom stereocenters. The number of fused-ring (bicyclic) bond motifs is 3. The highest BCUT2D eigenvalue weighted by Crippen LogP contribution is 2.32. The Labute approximate surface area is 178 Å². The molecule has 0 aliphatic carbocycles. The first-order valence-corrected chi connectivity index (χ1v) is 10.2. The number of halogens is 4. The number of imidazole rings is 1. The molecule has 5 aromatic rings. The van der Waals surface area contributed by atoms with Crippen LogP contribution in [0.1, 0.15) is 11.3 Å². The van der Waals surface area contributed by atoms with E-state index >= 15 is 0 Å². The van der Waals surface area contributed by atoms with E-state index < -0.39 is 11.7 Å². The Morgan fingerprint density at radius 1 is 1.17 bits per heavy atom. The molecule has 5 rings (SSSR count). The molecule has 4 heterocycles. The average Bonchev–Trinajstić information content (AvgIpc) is 3.37. The van der Waals surface area contributed by atoms with Gasteiger partial charge in [-0.05, 0) is 46.3 Å². The predicted octanol–water partition coefficient (Wildman–Crippen LogP) is 4.89. The highest BCUT2D eigenvalue weighted by Gasteiger charge is 2.30. The standard InChI is InChI=1S/C20H9BrF3N3O2S/c21-12-7-14-17(25-9-12)27-18(28)16(30-19(27)26-14)8-13-4-5-15(29-13)10-2-1-3-11(6-10)20(22,23)24/h1-9H. The summed E-state index contributed by atoms with van der Waals surface area (Å²) in [6.45, 7) is 0. The van der Waals surface area contributed by atoms with E-state index in [1.165, 1.54) is 27.9 Å². The zero-order chi connectivity index (χ0) is 21.0. The number of furan rings is 1. The minimum Gasteiger partial charge on any atom is -0.457 e. The molecule has 4 aromatic heterocycles. The molecule has 0 atom stereocenters. The van der Waals surface area contributed by atoms with E-state index in [4.69, 9.17) is 4.42 Å². The van der Waals surface area contributed by atoms with Crippen LogP contribution in [0.2, 0.25) is 0 Å². The quantitative estimate of drug-likeness (QED) is 0.352. The molecule has 0 aliphatic rings. The lowest BCUT2D eigenvalue weighted by Crippen LogP contribution is -2.22. The Bertz CT molecular complexity index is 1530. The first kappa shape index (κ1) is 19.0. The van der Waals surface area contributed by atoms with Crippen LogP contribution >= 0.6 is 27.3 Å². The Morgan fingerprint density at radius 2 is 2.00 bits per heavy atom. The summed E-state index contributed by atoms with van der Waals surface area (Å²) in [5, 5.41) is 0. The fraction of sp³-hybridized carbons (Fsp3) is 0.0500. The largest absolute Gasteiger partial charge is 0.457 e. The summed E-state index contributed by atoms with van der Waals surface area (Å²) in [4.78, 5) is 22.0. The van der Waals surface area contributed by atoms with Crippen molar-refractivity contribution < 1.29 is 17.6 Å². The van der Waals surface area contributed by atoms with Crippen molar-refractivity contribution in [3.63, 3.8) is 0 Å². The first-order valence-electron chi connectivity index (χ1n) is 8.55. The molecule has 0 saturated heterocycles. The summed E-state index contributed by atoms with van der Waals surface area (Å²) >= 11 is 4.51. The molecule has 30 heavy (non-hydrogen) atoms. The number of aromatic nitrogens is 3. The normalized spacial score (nSPS) is 13.0. The third-order valence-electron chi connectivity index (χ3n) is 4.42. The molecule has 0 spiro atoms. The fourth-order valence-electron chi connectivity index (χ4n) is 3.08. The van der Waals surface area contributed by atoms with Crippen molar-refractivity contribution in [3.05, 3.63) is 79.3 Å². The van der Waals surface area contributed by atoms with Crippen molar-refractivity contribution in [1.29, 1.82) is 0 Å². The van der Waals surface area contributed by atoms with Crippen LogP contribution in [0.5, 0.6) is 0 Å². The molecule has 150 valence electrons. The second kappa shape index (κ2) is 6.78. The molecule has 0 amide bonds. The van der Waals surface area contributed by atoms with Gasteiger partial charge in [0.1, 0.15) is 21.6 Å². The molecule has 0 fully saturated rings. The zero-order valence-electron chi connectivity index (χ0n) is 14.8. The van der Waals surface area contributed by atoms with E-state index in [-0.39, 0.29) is 11.3 Å². The van der Waals surface area contributed by atoms with Crippen molar-refractivity contribution in [3.8, 4) is 11.3 Å². The van der Waals surface area contributed by atoms with Crippen LogP contribution in [0.4, 0.5) is 13.2 Å². The minimum atomic E-state index is -4.44. The molecule has 1 aromatic carbocycles.